The number of aromatic nitrogens is 2. The number of nitrogens with one attached hydrogen (secondary N) is 1. The zero-order valence-electron chi connectivity index (χ0n) is 10.5. The van der Waals surface area contributed by atoms with Crippen LogP contribution in [0.2, 0.25) is 0 Å². The van der Waals surface area contributed by atoms with Crippen molar-refractivity contribution < 1.29 is 8.42 Å². The van der Waals surface area contributed by atoms with Gasteiger partial charge in [0, 0.05) is 19.6 Å². The lowest BCUT2D eigenvalue weighted by molar-refractivity contribution is 0.597. The molecule has 1 aromatic heterocycles. The van der Waals surface area contributed by atoms with E-state index in [1.807, 2.05) is 24.1 Å². The molecule has 0 atom stereocenters. The minimum absolute atomic E-state index is 0.201. The van der Waals surface area contributed by atoms with Gasteiger partial charge in [0.15, 0.2) is 15.7 Å². The number of hydrogen-bond donors (Lipinski definition) is 1. The van der Waals surface area contributed by atoms with E-state index >= 15 is 0 Å². The Kier molecular flexibility index (Phi) is 4.13. The Bertz CT molecular complexity index is 486. The van der Waals surface area contributed by atoms with Crippen LogP contribution in [0.4, 0.5) is 5.82 Å². The van der Waals surface area contributed by atoms with E-state index in [-0.39, 0.29) is 11.5 Å². The van der Waals surface area contributed by atoms with Crippen molar-refractivity contribution in [1.82, 2.24) is 15.5 Å². The van der Waals surface area contributed by atoms with Crippen molar-refractivity contribution in [3.05, 3.63) is 17.8 Å². The Morgan fingerprint density at radius 2 is 2.11 bits per heavy atom. The molecule has 0 saturated carbocycles. The number of sulfone groups is 1. The molecule has 2 rings (SSSR count). The van der Waals surface area contributed by atoms with Crippen LogP contribution in [-0.2, 0) is 16.4 Å². The Labute approximate surface area is 107 Å². The van der Waals surface area contributed by atoms with E-state index in [1.165, 1.54) is 0 Å². The minimum atomic E-state index is -2.88. The molecule has 0 aromatic carbocycles. The zero-order chi connectivity index (χ0) is 13.0. The van der Waals surface area contributed by atoms with E-state index in [1.54, 1.807) is 0 Å². The van der Waals surface area contributed by atoms with E-state index in [2.05, 4.69) is 15.5 Å². The Hall–Kier alpha value is -1.21. The van der Waals surface area contributed by atoms with Crippen molar-refractivity contribution in [2.45, 2.75) is 13.0 Å². The van der Waals surface area contributed by atoms with Gasteiger partial charge in [0.25, 0.3) is 0 Å². The molecule has 2 heterocycles. The summed E-state index contributed by atoms with van der Waals surface area (Å²) in [5.74, 6) is 1.23. The molecule has 18 heavy (non-hydrogen) atoms. The fourth-order valence-electron chi connectivity index (χ4n) is 1.96. The molecular formula is C11H18N4O2S. The van der Waals surface area contributed by atoms with Crippen molar-refractivity contribution >= 4 is 15.7 Å². The van der Waals surface area contributed by atoms with E-state index < -0.39 is 9.84 Å². The predicted octanol–water partition coefficient (Wildman–Crippen LogP) is -0.179. The molecule has 0 bridgehead atoms. The second-order valence-electron chi connectivity index (χ2n) is 4.41. The van der Waals surface area contributed by atoms with Gasteiger partial charge in [-0.05, 0) is 25.6 Å². The van der Waals surface area contributed by atoms with Crippen LogP contribution in [0.25, 0.3) is 0 Å². The van der Waals surface area contributed by atoms with Crippen molar-refractivity contribution in [1.29, 1.82) is 0 Å². The normalized spacial score (nSPS) is 19.5. The van der Waals surface area contributed by atoms with Crippen LogP contribution in [0.15, 0.2) is 12.1 Å². The smallest absolute Gasteiger partial charge is 0.152 e. The number of hydrogen-bond acceptors (Lipinski definition) is 6. The van der Waals surface area contributed by atoms with Crippen LogP contribution in [0, 0.1) is 0 Å². The molecule has 0 radical (unpaired) electrons. The summed E-state index contributed by atoms with van der Waals surface area (Å²) in [4.78, 5) is 1.99. The second kappa shape index (κ2) is 5.62. The number of anilines is 1. The van der Waals surface area contributed by atoms with Gasteiger partial charge in [-0.25, -0.2) is 8.42 Å². The lowest BCUT2D eigenvalue weighted by Crippen LogP contribution is -2.28. The third-order valence-electron chi connectivity index (χ3n) is 2.94. The van der Waals surface area contributed by atoms with Crippen molar-refractivity contribution in [3.8, 4) is 0 Å². The Morgan fingerprint density at radius 3 is 2.78 bits per heavy atom. The van der Waals surface area contributed by atoms with E-state index in [0.29, 0.717) is 19.5 Å². The monoisotopic (exact) mass is 270 g/mol. The summed E-state index contributed by atoms with van der Waals surface area (Å²) in [6.45, 7) is 1.91. The van der Waals surface area contributed by atoms with Gasteiger partial charge in [-0.15, -0.1) is 5.10 Å². The molecule has 1 aliphatic heterocycles. The first-order valence-corrected chi connectivity index (χ1v) is 7.85. The highest BCUT2D eigenvalue weighted by Gasteiger charge is 2.20. The third-order valence-corrected chi connectivity index (χ3v) is 4.66. The van der Waals surface area contributed by atoms with Gasteiger partial charge < -0.3 is 10.2 Å². The standard InChI is InChI=1S/C11H18N4O2S/c1-12-9-10-3-4-11(14-13-10)15-5-2-7-18(16,17)8-6-15/h3-4,12H,2,5-9H2,1H3. The second-order valence-corrected chi connectivity index (χ2v) is 6.71. The van der Waals surface area contributed by atoms with Crippen molar-refractivity contribution in [3.63, 3.8) is 0 Å². The highest BCUT2D eigenvalue weighted by Crippen LogP contribution is 2.13. The maximum atomic E-state index is 11.5. The van der Waals surface area contributed by atoms with Gasteiger partial charge in [-0.1, -0.05) is 0 Å². The first-order chi connectivity index (χ1) is 8.61. The molecule has 0 spiro atoms. The molecule has 0 unspecified atom stereocenters. The Balaban J connectivity index is 2.07. The van der Waals surface area contributed by atoms with Gasteiger partial charge in [-0.2, -0.15) is 5.10 Å². The SMILES string of the molecule is CNCc1ccc(N2CCCS(=O)(=O)CC2)nn1. The van der Waals surface area contributed by atoms with Crippen LogP contribution in [-0.4, -0.2) is 50.3 Å². The zero-order valence-corrected chi connectivity index (χ0v) is 11.3. The van der Waals surface area contributed by atoms with Crippen LogP contribution in [0.3, 0.4) is 0 Å². The minimum Gasteiger partial charge on any atom is -0.354 e. The van der Waals surface area contributed by atoms with Crippen LogP contribution in [0.5, 0.6) is 0 Å². The molecule has 1 fully saturated rings. The predicted molar refractivity (Wildman–Crippen MR) is 70.3 cm³/mol. The quantitative estimate of drug-likeness (QED) is 0.821. The Morgan fingerprint density at radius 1 is 1.28 bits per heavy atom. The first kappa shape index (κ1) is 13.2. The maximum absolute atomic E-state index is 11.5. The summed E-state index contributed by atoms with van der Waals surface area (Å²) in [6, 6.07) is 3.82. The van der Waals surface area contributed by atoms with E-state index in [0.717, 1.165) is 18.1 Å². The molecule has 1 aromatic rings. The molecule has 6 nitrogen and oxygen atoms in total. The topological polar surface area (TPSA) is 75.2 Å². The molecule has 100 valence electrons. The van der Waals surface area contributed by atoms with Crippen LogP contribution in [0.1, 0.15) is 12.1 Å². The average Bonchev–Trinajstić information content (AvgIpc) is 2.52. The lowest BCUT2D eigenvalue weighted by atomic mass is 10.3. The summed E-state index contributed by atoms with van der Waals surface area (Å²) < 4.78 is 23.0. The summed E-state index contributed by atoms with van der Waals surface area (Å²) in [5, 5.41) is 11.3. The fourth-order valence-corrected chi connectivity index (χ4v) is 3.24. The highest BCUT2D eigenvalue weighted by atomic mass is 32.2. The van der Waals surface area contributed by atoms with Crippen LogP contribution < -0.4 is 10.2 Å². The van der Waals surface area contributed by atoms with Gasteiger partial charge in [0.2, 0.25) is 0 Å². The molecule has 1 N–H and O–H groups in total. The van der Waals surface area contributed by atoms with Crippen molar-refractivity contribution in [2.75, 3.05) is 36.5 Å². The largest absolute Gasteiger partial charge is 0.354 e. The summed E-state index contributed by atoms with van der Waals surface area (Å²) >= 11 is 0. The molecule has 0 amide bonds. The highest BCUT2D eigenvalue weighted by molar-refractivity contribution is 7.91. The first-order valence-electron chi connectivity index (χ1n) is 6.03. The molecule has 0 aliphatic carbocycles. The molecular weight excluding hydrogens is 252 g/mol. The van der Waals surface area contributed by atoms with Crippen molar-refractivity contribution in [2.24, 2.45) is 0 Å². The number of rotatable bonds is 3. The molecule has 1 aliphatic rings. The number of nitrogens with zero attached hydrogens (tertiary/aromatic N) is 3. The maximum Gasteiger partial charge on any atom is 0.152 e. The van der Waals surface area contributed by atoms with Crippen LogP contribution >= 0.6 is 0 Å². The molecule has 1 saturated heterocycles. The summed E-state index contributed by atoms with van der Waals surface area (Å²) in [5.41, 5.74) is 0.878. The molecule has 7 heteroatoms. The summed E-state index contributed by atoms with van der Waals surface area (Å²) in [7, 11) is -1.02. The summed E-state index contributed by atoms with van der Waals surface area (Å²) in [6.07, 6.45) is 0.655. The average molecular weight is 270 g/mol. The van der Waals surface area contributed by atoms with E-state index in [9.17, 15) is 8.42 Å². The van der Waals surface area contributed by atoms with Gasteiger partial charge in [0.05, 0.1) is 17.2 Å². The lowest BCUT2D eigenvalue weighted by Gasteiger charge is -2.20. The van der Waals surface area contributed by atoms with Gasteiger partial charge >= 0.3 is 0 Å². The van der Waals surface area contributed by atoms with Gasteiger partial charge in [-0.3, -0.25) is 0 Å². The fraction of sp³-hybridized carbons (Fsp3) is 0.636. The van der Waals surface area contributed by atoms with Gasteiger partial charge in [0.1, 0.15) is 0 Å². The third kappa shape index (κ3) is 3.39. The van der Waals surface area contributed by atoms with E-state index in [4.69, 9.17) is 0 Å².